The number of carbonyl (C=O) groups excluding carboxylic acids is 1. The zero-order valence-corrected chi connectivity index (χ0v) is 18.9. The molecule has 3 heterocycles. The van der Waals surface area contributed by atoms with Gasteiger partial charge < -0.3 is 24.7 Å². The van der Waals surface area contributed by atoms with E-state index in [9.17, 15) is 9.59 Å². The lowest BCUT2D eigenvalue weighted by molar-refractivity contribution is 0.0524. The van der Waals surface area contributed by atoms with Crippen LogP contribution in [0.1, 0.15) is 30.6 Å². The predicted octanol–water partition coefficient (Wildman–Crippen LogP) is 2.88. The molecule has 0 aliphatic carbocycles. The molecule has 9 heteroatoms. The van der Waals surface area contributed by atoms with Crippen molar-refractivity contribution in [2.75, 3.05) is 31.7 Å². The Balaban J connectivity index is 1.92. The summed E-state index contributed by atoms with van der Waals surface area (Å²) < 4.78 is 27.0. The van der Waals surface area contributed by atoms with Gasteiger partial charge in [-0.1, -0.05) is 0 Å². The van der Waals surface area contributed by atoms with Crippen molar-refractivity contribution in [3.05, 3.63) is 58.1 Å². The molecule has 8 nitrogen and oxygen atoms in total. The number of ether oxygens (including phenoxy) is 2. The highest BCUT2D eigenvalue weighted by Gasteiger charge is 2.29. The van der Waals surface area contributed by atoms with Gasteiger partial charge in [-0.15, -0.1) is 0 Å². The van der Waals surface area contributed by atoms with Crippen molar-refractivity contribution in [2.24, 2.45) is 11.7 Å². The number of anilines is 1. The molecule has 174 valence electrons. The normalized spacial score (nSPS) is 16.8. The third kappa shape index (κ3) is 4.28. The Morgan fingerprint density at radius 2 is 2.06 bits per heavy atom. The van der Waals surface area contributed by atoms with Gasteiger partial charge in [-0.2, -0.15) is 0 Å². The van der Waals surface area contributed by atoms with Crippen molar-refractivity contribution >= 4 is 22.8 Å². The van der Waals surface area contributed by atoms with Crippen molar-refractivity contribution in [3.8, 4) is 11.4 Å². The summed E-state index contributed by atoms with van der Waals surface area (Å²) in [6.45, 7) is 4.91. The van der Waals surface area contributed by atoms with E-state index in [0.717, 1.165) is 12.5 Å². The third-order valence-electron chi connectivity index (χ3n) is 6.03. The summed E-state index contributed by atoms with van der Waals surface area (Å²) >= 11 is 0. The van der Waals surface area contributed by atoms with Gasteiger partial charge in [0, 0.05) is 31.0 Å². The first-order valence-electron chi connectivity index (χ1n) is 10.9. The van der Waals surface area contributed by atoms with Crippen LogP contribution in [0, 0.1) is 11.7 Å². The van der Waals surface area contributed by atoms with Gasteiger partial charge >= 0.3 is 5.97 Å². The van der Waals surface area contributed by atoms with Crippen LogP contribution in [-0.4, -0.2) is 48.4 Å². The SMILES string of the molecule is CCOC(=O)c1cn(-c2ccc(OC)cc2)c2nc(N3CC[C@H]([C@H](C)N)C3)c(F)cc2c1=O. The minimum atomic E-state index is -0.768. The van der Waals surface area contributed by atoms with E-state index in [-0.39, 0.29) is 41.0 Å². The molecule has 2 N–H and O–H groups in total. The van der Waals surface area contributed by atoms with E-state index in [0.29, 0.717) is 24.5 Å². The average Bonchev–Trinajstić information content (AvgIpc) is 3.30. The van der Waals surface area contributed by atoms with Gasteiger partial charge in [0.1, 0.15) is 11.3 Å². The van der Waals surface area contributed by atoms with E-state index >= 15 is 4.39 Å². The van der Waals surface area contributed by atoms with E-state index in [2.05, 4.69) is 4.98 Å². The van der Waals surface area contributed by atoms with Gasteiger partial charge in [-0.25, -0.2) is 14.2 Å². The average molecular weight is 455 g/mol. The highest BCUT2D eigenvalue weighted by Crippen LogP contribution is 2.29. The maximum Gasteiger partial charge on any atom is 0.343 e. The molecule has 1 aliphatic heterocycles. The Bertz CT molecular complexity index is 1240. The van der Waals surface area contributed by atoms with Gasteiger partial charge in [0.2, 0.25) is 5.43 Å². The van der Waals surface area contributed by atoms with Gasteiger partial charge in [-0.3, -0.25) is 4.79 Å². The van der Waals surface area contributed by atoms with E-state index in [1.165, 1.54) is 6.20 Å². The largest absolute Gasteiger partial charge is 0.497 e. The lowest BCUT2D eigenvalue weighted by atomic mass is 10.0. The van der Waals surface area contributed by atoms with E-state index in [1.807, 2.05) is 11.8 Å². The van der Waals surface area contributed by atoms with Crippen LogP contribution in [0.15, 0.2) is 41.3 Å². The van der Waals surface area contributed by atoms with Crippen LogP contribution in [0.3, 0.4) is 0 Å². The summed E-state index contributed by atoms with van der Waals surface area (Å²) in [7, 11) is 1.56. The molecule has 2 aromatic heterocycles. The van der Waals surface area contributed by atoms with Crippen molar-refractivity contribution < 1.29 is 18.7 Å². The molecular weight excluding hydrogens is 427 g/mol. The Hall–Kier alpha value is -3.46. The summed E-state index contributed by atoms with van der Waals surface area (Å²) in [6, 6.07) is 8.18. The molecule has 0 bridgehead atoms. The topological polar surface area (TPSA) is 99.7 Å². The molecule has 0 radical (unpaired) electrons. The number of nitrogens with two attached hydrogens (primary N) is 1. The van der Waals surface area contributed by atoms with Gasteiger partial charge in [0.15, 0.2) is 17.3 Å². The van der Waals surface area contributed by atoms with Crippen LogP contribution in [-0.2, 0) is 4.74 Å². The molecule has 0 amide bonds. The molecule has 0 unspecified atom stereocenters. The molecule has 4 rings (SSSR count). The Labute approximate surface area is 190 Å². The second-order valence-electron chi connectivity index (χ2n) is 8.18. The maximum absolute atomic E-state index is 15.2. The molecule has 0 spiro atoms. The number of fused-ring (bicyclic) bond motifs is 1. The first-order chi connectivity index (χ1) is 15.8. The third-order valence-corrected chi connectivity index (χ3v) is 6.03. The second kappa shape index (κ2) is 9.19. The zero-order chi connectivity index (χ0) is 23.7. The molecule has 1 fully saturated rings. The highest BCUT2D eigenvalue weighted by atomic mass is 19.1. The van der Waals surface area contributed by atoms with Crippen LogP contribution in [0.2, 0.25) is 0 Å². The molecule has 33 heavy (non-hydrogen) atoms. The monoisotopic (exact) mass is 454 g/mol. The van der Waals surface area contributed by atoms with E-state index in [1.54, 1.807) is 42.9 Å². The van der Waals surface area contributed by atoms with Crippen molar-refractivity contribution in [1.29, 1.82) is 0 Å². The van der Waals surface area contributed by atoms with Gasteiger partial charge in [0.25, 0.3) is 0 Å². The number of hydrogen-bond acceptors (Lipinski definition) is 7. The second-order valence-corrected chi connectivity index (χ2v) is 8.18. The first kappa shape index (κ1) is 22.7. The Morgan fingerprint density at radius 3 is 2.67 bits per heavy atom. The molecule has 3 aromatic rings. The van der Waals surface area contributed by atoms with Crippen LogP contribution in [0.4, 0.5) is 10.2 Å². The number of aromatic nitrogens is 2. The van der Waals surface area contributed by atoms with Crippen molar-refractivity contribution in [1.82, 2.24) is 9.55 Å². The number of nitrogens with zero attached hydrogens (tertiary/aromatic N) is 3. The lowest BCUT2D eigenvalue weighted by Gasteiger charge is -2.21. The number of carbonyl (C=O) groups is 1. The fourth-order valence-corrected chi connectivity index (χ4v) is 4.14. The number of pyridine rings is 2. The molecular formula is C24H27FN4O4. The van der Waals surface area contributed by atoms with E-state index < -0.39 is 17.2 Å². The Morgan fingerprint density at radius 1 is 1.33 bits per heavy atom. The predicted molar refractivity (Wildman–Crippen MR) is 124 cm³/mol. The van der Waals surface area contributed by atoms with Gasteiger partial charge in [-0.05, 0) is 56.5 Å². The number of esters is 1. The smallest absolute Gasteiger partial charge is 0.343 e. The summed E-state index contributed by atoms with van der Waals surface area (Å²) in [4.78, 5) is 32.0. The number of rotatable bonds is 6. The summed E-state index contributed by atoms with van der Waals surface area (Å²) in [5, 5.41) is 0.000519. The quantitative estimate of drug-likeness (QED) is 0.572. The molecule has 1 aliphatic rings. The molecule has 2 atom stereocenters. The number of benzene rings is 1. The van der Waals surface area contributed by atoms with Gasteiger partial charge in [0.05, 0.1) is 19.1 Å². The summed E-state index contributed by atoms with van der Waals surface area (Å²) in [6.07, 6.45) is 2.23. The highest BCUT2D eigenvalue weighted by molar-refractivity contribution is 5.94. The number of methoxy groups -OCH3 is 1. The molecule has 1 aromatic carbocycles. The minimum absolute atomic E-state index is 0.000519. The van der Waals surface area contributed by atoms with Crippen molar-refractivity contribution in [3.63, 3.8) is 0 Å². The van der Waals surface area contributed by atoms with E-state index in [4.69, 9.17) is 15.2 Å². The summed E-state index contributed by atoms with van der Waals surface area (Å²) in [5.41, 5.74) is 6.11. The number of hydrogen-bond donors (Lipinski definition) is 1. The van der Waals surface area contributed by atoms with Crippen LogP contribution < -0.4 is 20.8 Å². The van der Waals surface area contributed by atoms with Crippen LogP contribution in [0.25, 0.3) is 16.7 Å². The fraction of sp³-hybridized carbons (Fsp3) is 0.375. The summed E-state index contributed by atoms with van der Waals surface area (Å²) in [5.74, 6) is -0.343. The van der Waals surface area contributed by atoms with Crippen molar-refractivity contribution in [2.45, 2.75) is 26.3 Å². The Kier molecular flexibility index (Phi) is 6.33. The minimum Gasteiger partial charge on any atom is -0.497 e. The lowest BCUT2D eigenvalue weighted by Crippen LogP contribution is -2.30. The molecule has 0 saturated carbocycles. The van der Waals surface area contributed by atoms with Crippen LogP contribution >= 0.6 is 0 Å². The fourth-order valence-electron chi connectivity index (χ4n) is 4.14. The standard InChI is InChI=1S/C24H27FN4O4/c1-4-33-24(31)19-13-29(16-5-7-17(32-3)8-6-16)22-18(21(19)30)11-20(25)23(27-22)28-10-9-15(12-28)14(2)26/h5-8,11,13-15H,4,9-10,12,26H2,1-3H3/t14-,15-/m0/s1. The zero-order valence-electron chi connectivity index (χ0n) is 18.9. The molecule has 1 saturated heterocycles. The maximum atomic E-state index is 15.2. The number of halogens is 1. The first-order valence-corrected chi connectivity index (χ1v) is 10.9. The van der Waals surface area contributed by atoms with Crippen LogP contribution in [0.5, 0.6) is 5.75 Å².